The molecule has 1 aromatic carbocycles. The molecule has 3 heterocycles. The highest BCUT2D eigenvalue weighted by atomic mass is 16.4. The number of rotatable bonds is 3. The molecular weight excluding hydrogens is 328 g/mol. The van der Waals surface area contributed by atoms with Crippen molar-refractivity contribution in [3.63, 3.8) is 0 Å². The molecule has 0 saturated heterocycles. The topological polar surface area (TPSA) is 94.9 Å². The quantitative estimate of drug-likeness (QED) is 0.613. The van der Waals surface area contributed by atoms with Gasteiger partial charge >= 0.3 is 0 Å². The summed E-state index contributed by atoms with van der Waals surface area (Å²) in [5.41, 5.74) is 9.07. The van der Waals surface area contributed by atoms with Gasteiger partial charge in [0.2, 0.25) is 0 Å². The SMILES string of the molecule is Nc1nc(=O)cc(-c2cccc(-c3ccccn3)c2-c2ccccn2)o1. The molecule has 0 aliphatic heterocycles. The smallest absolute Gasteiger partial charge is 0.295 e. The molecule has 0 aliphatic rings. The summed E-state index contributed by atoms with van der Waals surface area (Å²) in [5, 5.41) is 0. The van der Waals surface area contributed by atoms with E-state index in [9.17, 15) is 4.79 Å². The van der Waals surface area contributed by atoms with Crippen LogP contribution in [0.25, 0.3) is 33.8 Å². The van der Waals surface area contributed by atoms with Gasteiger partial charge in [-0.1, -0.05) is 30.3 Å². The Morgan fingerprint density at radius 3 is 2.15 bits per heavy atom. The fourth-order valence-corrected chi connectivity index (χ4v) is 2.83. The molecule has 0 amide bonds. The van der Waals surface area contributed by atoms with Gasteiger partial charge in [0.1, 0.15) is 5.76 Å². The lowest BCUT2D eigenvalue weighted by molar-refractivity contribution is 0.564. The summed E-state index contributed by atoms with van der Waals surface area (Å²) < 4.78 is 5.52. The van der Waals surface area contributed by atoms with Gasteiger partial charge in [0.15, 0.2) is 0 Å². The lowest BCUT2D eigenvalue weighted by Crippen LogP contribution is -2.07. The Labute approximate surface area is 149 Å². The van der Waals surface area contributed by atoms with Crippen LogP contribution in [0.5, 0.6) is 0 Å². The van der Waals surface area contributed by atoms with Gasteiger partial charge in [0.05, 0.1) is 11.4 Å². The fourth-order valence-electron chi connectivity index (χ4n) is 2.83. The average molecular weight is 342 g/mol. The highest BCUT2D eigenvalue weighted by molar-refractivity contribution is 5.91. The largest absolute Gasteiger partial charge is 0.425 e. The summed E-state index contributed by atoms with van der Waals surface area (Å²) >= 11 is 0. The van der Waals surface area contributed by atoms with Gasteiger partial charge in [-0.25, -0.2) is 0 Å². The minimum Gasteiger partial charge on any atom is -0.425 e. The highest BCUT2D eigenvalue weighted by Gasteiger charge is 2.17. The molecule has 0 radical (unpaired) electrons. The number of nitrogens with two attached hydrogens (primary N) is 1. The molecular formula is C20H14N4O2. The molecule has 0 unspecified atom stereocenters. The van der Waals surface area contributed by atoms with Crippen LogP contribution < -0.4 is 11.3 Å². The van der Waals surface area contributed by atoms with E-state index < -0.39 is 5.56 Å². The molecule has 4 rings (SSSR count). The molecule has 0 bridgehead atoms. The summed E-state index contributed by atoms with van der Waals surface area (Å²) in [4.78, 5) is 24.3. The Hall–Kier alpha value is -3.80. The van der Waals surface area contributed by atoms with Gasteiger partial charge in [0, 0.05) is 35.2 Å². The van der Waals surface area contributed by atoms with Crippen LogP contribution in [0.4, 0.5) is 6.01 Å². The third kappa shape index (κ3) is 2.95. The first-order chi connectivity index (χ1) is 12.7. The summed E-state index contributed by atoms with van der Waals surface area (Å²) in [5.74, 6) is 0.334. The molecule has 26 heavy (non-hydrogen) atoms. The van der Waals surface area contributed by atoms with Gasteiger partial charge < -0.3 is 10.2 Å². The van der Waals surface area contributed by atoms with E-state index in [4.69, 9.17) is 10.2 Å². The molecule has 2 N–H and O–H groups in total. The Balaban J connectivity index is 2.05. The Kier molecular flexibility index (Phi) is 3.99. The first-order valence-electron chi connectivity index (χ1n) is 7.96. The number of pyridine rings is 2. The van der Waals surface area contributed by atoms with Crippen molar-refractivity contribution in [2.75, 3.05) is 5.73 Å². The van der Waals surface area contributed by atoms with Crippen molar-refractivity contribution in [1.82, 2.24) is 15.0 Å². The number of hydrogen-bond acceptors (Lipinski definition) is 6. The predicted molar refractivity (Wildman–Crippen MR) is 99.1 cm³/mol. The van der Waals surface area contributed by atoms with Gasteiger partial charge in [-0.05, 0) is 24.3 Å². The zero-order valence-corrected chi connectivity index (χ0v) is 13.7. The molecule has 6 nitrogen and oxygen atoms in total. The Bertz CT molecular complexity index is 1110. The molecule has 0 fully saturated rings. The minimum atomic E-state index is -0.459. The Morgan fingerprint density at radius 2 is 1.50 bits per heavy atom. The predicted octanol–water partition coefficient (Wildman–Crippen LogP) is 3.41. The summed E-state index contributed by atoms with van der Waals surface area (Å²) in [6, 6.07) is 18.2. The van der Waals surface area contributed by atoms with Crippen LogP contribution in [-0.2, 0) is 0 Å². The van der Waals surface area contributed by atoms with Crippen LogP contribution in [0, 0.1) is 0 Å². The second kappa shape index (κ2) is 6.60. The van der Waals surface area contributed by atoms with E-state index in [0.717, 1.165) is 22.5 Å². The first-order valence-corrected chi connectivity index (χ1v) is 7.96. The zero-order valence-electron chi connectivity index (χ0n) is 13.7. The highest BCUT2D eigenvalue weighted by Crippen LogP contribution is 2.38. The van der Waals surface area contributed by atoms with E-state index in [0.29, 0.717) is 11.3 Å². The average Bonchev–Trinajstić information content (AvgIpc) is 2.68. The van der Waals surface area contributed by atoms with E-state index >= 15 is 0 Å². The van der Waals surface area contributed by atoms with E-state index in [-0.39, 0.29) is 6.01 Å². The number of anilines is 1. The van der Waals surface area contributed by atoms with Gasteiger partial charge in [0.25, 0.3) is 11.6 Å². The standard InChI is InChI=1S/C20H14N4O2/c21-20-24-18(25)12-17(26-20)14-7-5-6-13(15-8-1-3-10-22-15)19(14)16-9-2-4-11-23-16/h1-12H,(H2,21,24,25). The van der Waals surface area contributed by atoms with Crippen molar-refractivity contribution >= 4 is 6.01 Å². The lowest BCUT2D eigenvalue weighted by atomic mass is 9.94. The van der Waals surface area contributed by atoms with E-state index in [1.165, 1.54) is 6.07 Å². The monoisotopic (exact) mass is 342 g/mol. The normalized spacial score (nSPS) is 10.6. The maximum absolute atomic E-state index is 11.8. The number of aromatic nitrogens is 3. The van der Waals surface area contributed by atoms with Crippen molar-refractivity contribution in [3.8, 4) is 33.8 Å². The van der Waals surface area contributed by atoms with Crippen LogP contribution in [0.15, 0.2) is 82.3 Å². The summed E-state index contributed by atoms with van der Waals surface area (Å²) in [7, 11) is 0. The van der Waals surface area contributed by atoms with Crippen molar-refractivity contribution in [2.24, 2.45) is 0 Å². The first kappa shape index (κ1) is 15.7. The Morgan fingerprint density at radius 1 is 0.808 bits per heavy atom. The number of hydrogen-bond donors (Lipinski definition) is 1. The second-order valence-electron chi connectivity index (χ2n) is 5.56. The van der Waals surface area contributed by atoms with Crippen molar-refractivity contribution in [2.45, 2.75) is 0 Å². The van der Waals surface area contributed by atoms with E-state index in [1.54, 1.807) is 12.4 Å². The third-order valence-electron chi connectivity index (χ3n) is 3.88. The molecule has 3 aromatic heterocycles. The molecule has 126 valence electrons. The summed E-state index contributed by atoms with van der Waals surface area (Å²) in [6.45, 7) is 0. The van der Waals surface area contributed by atoms with Crippen LogP contribution >= 0.6 is 0 Å². The maximum atomic E-state index is 11.8. The molecule has 0 spiro atoms. The van der Waals surface area contributed by atoms with Crippen molar-refractivity contribution < 1.29 is 4.42 Å². The van der Waals surface area contributed by atoms with Crippen LogP contribution in [0.2, 0.25) is 0 Å². The third-order valence-corrected chi connectivity index (χ3v) is 3.88. The van der Waals surface area contributed by atoms with Gasteiger partial charge in [-0.15, -0.1) is 0 Å². The fraction of sp³-hybridized carbons (Fsp3) is 0. The second-order valence-corrected chi connectivity index (χ2v) is 5.56. The number of benzene rings is 1. The number of nitrogen functional groups attached to an aromatic ring is 1. The molecule has 6 heteroatoms. The van der Waals surface area contributed by atoms with Crippen molar-refractivity contribution in [3.05, 3.63) is 83.4 Å². The van der Waals surface area contributed by atoms with Crippen LogP contribution in [0.3, 0.4) is 0 Å². The van der Waals surface area contributed by atoms with Crippen molar-refractivity contribution in [1.29, 1.82) is 0 Å². The zero-order chi connectivity index (χ0) is 17.9. The van der Waals surface area contributed by atoms with E-state index in [2.05, 4.69) is 15.0 Å². The maximum Gasteiger partial charge on any atom is 0.295 e. The minimum absolute atomic E-state index is 0.178. The summed E-state index contributed by atoms with van der Waals surface area (Å²) in [6.07, 6.45) is 3.44. The number of nitrogens with zero attached hydrogens (tertiary/aromatic N) is 3. The van der Waals surface area contributed by atoms with E-state index in [1.807, 2.05) is 54.6 Å². The molecule has 0 atom stereocenters. The van der Waals surface area contributed by atoms with Gasteiger partial charge in [-0.3, -0.25) is 14.8 Å². The van der Waals surface area contributed by atoms with Crippen LogP contribution in [-0.4, -0.2) is 15.0 Å². The molecule has 0 aliphatic carbocycles. The molecule has 4 aromatic rings. The van der Waals surface area contributed by atoms with Crippen LogP contribution in [0.1, 0.15) is 0 Å². The lowest BCUT2D eigenvalue weighted by Gasteiger charge is -2.14. The molecule has 0 saturated carbocycles. The van der Waals surface area contributed by atoms with Gasteiger partial charge in [-0.2, -0.15) is 4.98 Å².